The summed E-state index contributed by atoms with van der Waals surface area (Å²) in [5, 5.41) is 7.85. The highest BCUT2D eigenvalue weighted by atomic mass is 15.0. The van der Waals surface area contributed by atoms with Gasteiger partial charge in [0.15, 0.2) is 0 Å². The number of hydrogen-bond acceptors (Lipinski definition) is 0. The van der Waals surface area contributed by atoms with Crippen molar-refractivity contribution in [1.82, 2.24) is 4.57 Å². The van der Waals surface area contributed by atoms with Crippen LogP contribution in [0.5, 0.6) is 0 Å². The number of aromatic nitrogens is 1. The van der Waals surface area contributed by atoms with Crippen molar-refractivity contribution in [2.45, 2.75) is 6.54 Å². The molecule has 0 unspecified atom stereocenters. The highest BCUT2D eigenvalue weighted by molar-refractivity contribution is 6.25. The Balaban J connectivity index is 2.13. The maximum absolute atomic E-state index is 3.97. The van der Waals surface area contributed by atoms with Crippen LogP contribution in [0.15, 0.2) is 85.5 Å². The maximum atomic E-state index is 3.97. The van der Waals surface area contributed by atoms with Gasteiger partial charge in [-0.05, 0) is 22.2 Å². The second-order valence-corrected chi connectivity index (χ2v) is 6.26. The summed E-state index contributed by atoms with van der Waals surface area (Å²) in [7, 11) is 0. The van der Waals surface area contributed by atoms with E-state index in [1.807, 2.05) is 6.08 Å². The molecule has 1 heteroatoms. The van der Waals surface area contributed by atoms with E-state index in [1.54, 1.807) is 0 Å². The third kappa shape index (κ3) is 1.70. The molecule has 0 aliphatic carbocycles. The van der Waals surface area contributed by atoms with Crippen LogP contribution in [0, 0.1) is 0 Å². The molecule has 0 fully saturated rings. The number of allylic oxidation sites excluding steroid dienone is 1. The van der Waals surface area contributed by atoms with Crippen molar-refractivity contribution < 1.29 is 0 Å². The quantitative estimate of drug-likeness (QED) is 0.338. The molecule has 0 bridgehead atoms. The molecule has 0 saturated heterocycles. The number of benzene rings is 4. The first kappa shape index (κ1) is 13.4. The number of nitrogens with zero attached hydrogens (tertiary/aromatic N) is 1. The van der Waals surface area contributed by atoms with Gasteiger partial charge in [-0.2, -0.15) is 0 Å². The third-order valence-electron chi connectivity index (χ3n) is 4.95. The lowest BCUT2D eigenvalue weighted by Gasteiger charge is -2.06. The van der Waals surface area contributed by atoms with E-state index in [1.165, 1.54) is 43.4 Å². The Hall–Kier alpha value is -3.06. The summed E-state index contributed by atoms with van der Waals surface area (Å²) in [5.41, 5.74) is 2.58. The van der Waals surface area contributed by atoms with Gasteiger partial charge in [0.1, 0.15) is 0 Å². The minimum Gasteiger partial charge on any atom is -0.336 e. The normalized spacial score (nSPS) is 11.7. The van der Waals surface area contributed by atoms with E-state index in [-0.39, 0.29) is 0 Å². The monoisotopic (exact) mass is 307 g/mol. The summed E-state index contributed by atoms with van der Waals surface area (Å²) >= 11 is 0. The smallest absolute Gasteiger partial charge is 0.0574 e. The molecule has 1 aromatic heterocycles. The molecule has 0 saturated carbocycles. The summed E-state index contributed by atoms with van der Waals surface area (Å²) in [6.45, 7) is 4.78. The summed E-state index contributed by atoms with van der Waals surface area (Å²) in [4.78, 5) is 0. The van der Waals surface area contributed by atoms with Gasteiger partial charge < -0.3 is 4.57 Å². The van der Waals surface area contributed by atoms with Crippen molar-refractivity contribution in [3.05, 3.63) is 85.5 Å². The molecule has 0 spiro atoms. The van der Waals surface area contributed by atoms with Crippen LogP contribution < -0.4 is 0 Å². The SMILES string of the molecule is C=CCn1c2ccc3ccccc3c2c2ccc3ccccc3c21. The van der Waals surface area contributed by atoms with Gasteiger partial charge in [-0.25, -0.2) is 0 Å². The molecule has 4 aromatic carbocycles. The lowest BCUT2D eigenvalue weighted by Crippen LogP contribution is -1.94. The maximum Gasteiger partial charge on any atom is 0.0574 e. The molecule has 0 radical (unpaired) electrons. The molecule has 114 valence electrons. The average molecular weight is 307 g/mol. The van der Waals surface area contributed by atoms with Crippen LogP contribution in [-0.2, 0) is 6.54 Å². The fraction of sp³-hybridized carbons (Fsp3) is 0.0435. The molecule has 0 aliphatic heterocycles. The second-order valence-electron chi connectivity index (χ2n) is 6.26. The Labute approximate surface area is 140 Å². The zero-order chi connectivity index (χ0) is 16.1. The predicted octanol–water partition coefficient (Wildman–Crippen LogP) is 6.29. The van der Waals surface area contributed by atoms with Crippen LogP contribution in [0.1, 0.15) is 0 Å². The van der Waals surface area contributed by atoms with E-state index in [9.17, 15) is 0 Å². The Morgan fingerprint density at radius 1 is 0.708 bits per heavy atom. The summed E-state index contributed by atoms with van der Waals surface area (Å²) in [5.74, 6) is 0. The average Bonchev–Trinajstić information content (AvgIpc) is 2.97. The molecule has 0 N–H and O–H groups in total. The van der Waals surface area contributed by atoms with Gasteiger partial charge in [-0.1, -0.05) is 72.8 Å². The number of rotatable bonds is 2. The largest absolute Gasteiger partial charge is 0.336 e. The highest BCUT2D eigenvalue weighted by Crippen LogP contribution is 2.38. The van der Waals surface area contributed by atoms with E-state index < -0.39 is 0 Å². The summed E-state index contributed by atoms with van der Waals surface area (Å²) in [6, 6.07) is 26.2. The van der Waals surface area contributed by atoms with Crippen LogP contribution in [0.25, 0.3) is 43.4 Å². The lowest BCUT2D eigenvalue weighted by molar-refractivity contribution is 0.904. The molecule has 1 heterocycles. The van der Waals surface area contributed by atoms with Gasteiger partial charge in [0.2, 0.25) is 0 Å². The van der Waals surface area contributed by atoms with Crippen molar-refractivity contribution in [3.8, 4) is 0 Å². The van der Waals surface area contributed by atoms with Crippen molar-refractivity contribution in [2.24, 2.45) is 0 Å². The van der Waals surface area contributed by atoms with Gasteiger partial charge in [0, 0.05) is 22.7 Å². The zero-order valence-electron chi connectivity index (χ0n) is 13.4. The van der Waals surface area contributed by atoms with E-state index in [0.717, 1.165) is 6.54 Å². The van der Waals surface area contributed by atoms with Crippen LogP contribution in [0.2, 0.25) is 0 Å². The molecular formula is C23H17N. The van der Waals surface area contributed by atoms with Gasteiger partial charge in [0.25, 0.3) is 0 Å². The van der Waals surface area contributed by atoms with Gasteiger partial charge >= 0.3 is 0 Å². The van der Waals surface area contributed by atoms with Crippen LogP contribution >= 0.6 is 0 Å². The molecule has 0 aliphatic rings. The lowest BCUT2D eigenvalue weighted by atomic mass is 10.0. The first-order valence-electron chi connectivity index (χ1n) is 8.31. The van der Waals surface area contributed by atoms with Crippen molar-refractivity contribution in [2.75, 3.05) is 0 Å². The zero-order valence-corrected chi connectivity index (χ0v) is 13.4. The van der Waals surface area contributed by atoms with Crippen molar-refractivity contribution >= 4 is 43.4 Å². The van der Waals surface area contributed by atoms with Gasteiger partial charge in [0.05, 0.1) is 11.0 Å². The fourth-order valence-electron chi connectivity index (χ4n) is 3.95. The van der Waals surface area contributed by atoms with E-state index in [0.29, 0.717) is 0 Å². The van der Waals surface area contributed by atoms with Crippen LogP contribution in [-0.4, -0.2) is 4.57 Å². The number of fused-ring (bicyclic) bond motifs is 7. The highest BCUT2D eigenvalue weighted by Gasteiger charge is 2.14. The second kappa shape index (κ2) is 4.97. The van der Waals surface area contributed by atoms with E-state index in [4.69, 9.17) is 0 Å². The molecule has 5 aromatic rings. The van der Waals surface area contributed by atoms with Gasteiger partial charge in [-0.15, -0.1) is 6.58 Å². The predicted molar refractivity (Wildman–Crippen MR) is 105 cm³/mol. The van der Waals surface area contributed by atoms with Crippen molar-refractivity contribution in [1.29, 1.82) is 0 Å². The van der Waals surface area contributed by atoms with Gasteiger partial charge in [-0.3, -0.25) is 0 Å². The molecule has 0 amide bonds. The number of hydrogen-bond donors (Lipinski definition) is 0. The Morgan fingerprint density at radius 2 is 1.38 bits per heavy atom. The third-order valence-corrected chi connectivity index (χ3v) is 4.95. The first-order valence-corrected chi connectivity index (χ1v) is 8.31. The molecule has 24 heavy (non-hydrogen) atoms. The van der Waals surface area contributed by atoms with E-state index in [2.05, 4.69) is 83.9 Å². The standard InChI is InChI=1S/C23H17N/c1-2-15-24-21-14-12-16-7-3-5-9-18(16)22(21)20-13-11-17-8-4-6-10-19(17)23(20)24/h2-14H,1,15H2. The molecular weight excluding hydrogens is 290 g/mol. The minimum atomic E-state index is 0.812. The summed E-state index contributed by atoms with van der Waals surface area (Å²) < 4.78 is 2.40. The van der Waals surface area contributed by atoms with E-state index >= 15 is 0 Å². The Morgan fingerprint density at radius 3 is 2.17 bits per heavy atom. The molecule has 5 rings (SSSR count). The topological polar surface area (TPSA) is 4.93 Å². The van der Waals surface area contributed by atoms with Crippen LogP contribution in [0.4, 0.5) is 0 Å². The molecule has 0 atom stereocenters. The Kier molecular flexibility index (Phi) is 2.77. The first-order chi connectivity index (χ1) is 11.9. The van der Waals surface area contributed by atoms with Crippen molar-refractivity contribution in [3.63, 3.8) is 0 Å². The minimum absolute atomic E-state index is 0.812. The van der Waals surface area contributed by atoms with Crippen LogP contribution in [0.3, 0.4) is 0 Å². The molecule has 1 nitrogen and oxygen atoms in total. The Bertz CT molecular complexity index is 1240. The fourth-order valence-corrected chi connectivity index (χ4v) is 3.95. The summed E-state index contributed by atoms with van der Waals surface area (Å²) in [6.07, 6.45) is 1.98.